The summed E-state index contributed by atoms with van der Waals surface area (Å²) in [4.78, 5) is 18.3. The second kappa shape index (κ2) is 4.87. The number of nitrogens with zero attached hydrogens (tertiary/aromatic N) is 2. The summed E-state index contributed by atoms with van der Waals surface area (Å²) in [6.45, 7) is 4.67. The Labute approximate surface area is 118 Å². The molecule has 1 aliphatic heterocycles. The predicted molar refractivity (Wildman–Crippen MR) is 79.2 cm³/mol. The summed E-state index contributed by atoms with van der Waals surface area (Å²) in [7, 11) is 0. The molecule has 2 atom stereocenters. The molecule has 2 aromatic rings. The molecule has 0 radical (unpaired) electrons. The monoisotopic (exact) mass is 269 g/mol. The van der Waals surface area contributed by atoms with Gasteiger partial charge in [-0.3, -0.25) is 9.78 Å². The van der Waals surface area contributed by atoms with Crippen LogP contribution in [-0.4, -0.2) is 28.4 Å². The molecule has 1 amide bonds. The van der Waals surface area contributed by atoms with E-state index < -0.39 is 0 Å². The third kappa shape index (κ3) is 2.06. The molecule has 0 aliphatic carbocycles. The van der Waals surface area contributed by atoms with E-state index in [0.717, 1.165) is 22.2 Å². The van der Waals surface area contributed by atoms with Gasteiger partial charge in [-0.05, 0) is 37.6 Å². The van der Waals surface area contributed by atoms with Crippen molar-refractivity contribution in [1.29, 1.82) is 0 Å². The van der Waals surface area contributed by atoms with E-state index in [1.54, 1.807) is 0 Å². The highest BCUT2D eigenvalue weighted by molar-refractivity contribution is 5.82. The van der Waals surface area contributed by atoms with E-state index in [2.05, 4.69) is 17.1 Å². The Kier molecular flexibility index (Phi) is 3.18. The van der Waals surface area contributed by atoms with Crippen LogP contribution >= 0.6 is 0 Å². The van der Waals surface area contributed by atoms with Crippen LogP contribution in [0.2, 0.25) is 0 Å². The molecule has 0 spiro atoms. The number of hydrogen-bond donors (Lipinski definition) is 1. The quantitative estimate of drug-likeness (QED) is 0.909. The lowest BCUT2D eigenvalue weighted by Crippen LogP contribution is -2.32. The zero-order valence-electron chi connectivity index (χ0n) is 11.8. The molecule has 1 aromatic heterocycles. The van der Waals surface area contributed by atoms with Crippen LogP contribution in [0.1, 0.15) is 30.6 Å². The molecule has 2 heterocycles. The highest BCUT2D eigenvalue weighted by atomic mass is 16.2. The summed E-state index contributed by atoms with van der Waals surface area (Å²) >= 11 is 0. The number of nitrogens with two attached hydrogens (primary N) is 1. The third-order valence-corrected chi connectivity index (χ3v) is 4.01. The summed E-state index contributed by atoms with van der Waals surface area (Å²) in [6, 6.07) is 10.1. The summed E-state index contributed by atoms with van der Waals surface area (Å²) in [5.41, 5.74) is 9.25. The van der Waals surface area contributed by atoms with Crippen molar-refractivity contribution in [2.24, 2.45) is 5.73 Å². The topological polar surface area (TPSA) is 59.2 Å². The highest BCUT2D eigenvalue weighted by Gasteiger charge is 2.37. The molecule has 3 rings (SSSR count). The SMILES string of the molecule is CCN1C(=O)CC(N)C1c1ccc2nc(C)ccc2c1. The maximum Gasteiger partial charge on any atom is 0.224 e. The van der Waals surface area contributed by atoms with Crippen LogP contribution in [0.4, 0.5) is 0 Å². The lowest BCUT2D eigenvalue weighted by atomic mass is 9.99. The van der Waals surface area contributed by atoms with Crippen molar-refractivity contribution >= 4 is 16.8 Å². The summed E-state index contributed by atoms with van der Waals surface area (Å²) < 4.78 is 0. The molecule has 2 unspecified atom stereocenters. The van der Waals surface area contributed by atoms with Gasteiger partial charge in [0.1, 0.15) is 0 Å². The minimum atomic E-state index is -0.127. The number of fused-ring (bicyclic) bond motifs is 1. The predicted octanol–water partition coefficient (Wildman–Crippen LogP) is 2.16. The average Bonchev–Trinajstić information content (AvgIpc) is 2.72. The number of benzene rings is 1. The Morgan fingerprint density at radius 3 is 2.90 bits per heavy atom. The van der Waals surface area contributed by atoms with Gasteiger partial charge < -0.3 is 10.6 Å². The average molecular weight is 269 g/mol. The van der Waals surface area contributed by atoms with Crippen LogP contribution in [0, 0.1) is 6.92 Å². The fourth-order valence-corrected chi connectivity index (χ4v) is 3.05. The first-order chi connectivity index (χ1) is 9.60. The molecule has 0 saturated carbocycles. The van der Waals surface area contributed by atoms with Crippen molar-refractivity contribution in [2.75, 3.05) is 6.54 Å². The van der Waals surface area contributed by atoms with Crippen LogP contribution in [-0.2, 0) is 4.79 Å². The van der Waals surface area contributed by atoms with Crippen molar-refractivity contribution in [2.45, 2.75) is 32.4 Å². The minimum Gasteiger partial charge on any atom is -0.334 e. The second-order valence-corrected chi connectivity index (χ2v) is 5.40. The molecule has 20 heavy (non-hydrogen) atoms. The highest BCUT2D eigenvalue weighted by Crippen LogP contribution is 2.33. The van der Waals surface area contributed by atoms with Crippen LogP contribution < -0.4 is 5.73 Å². The van der Waals surface area contributed by atoms with Crippen LogP contribution in [0.5, 0.6) is 0 Å². The Balaban J connectivity index is 2.05. The van der Waals surface area contributed by atoms with E-state index in [0.29, 0.717) is 13.0 Å². The Bertz CT molecular complexity index is 668. The van der Waals surface area contributed by atoms with Gasteiger partial charge in [0, 0.05) is 30.1 Å². The Morgan fingerprint density at radius 2 is 2.15 bits per heavy atom. The number of aryl methyl sites for hydroxylation is 1. The van der Waals surface area contributed by atoms with E-state index >= 15 is 0 Å². The van der Waals surface area contributed by atoms with Gasteiger partial charge in [0.25, 0.3) is 0 Å². The van der Waals surface area contributed by atoms with Crippen molar-refractivity contribution in [3.05, 3.63) is 41.6 Å². The lowest BCUT2D eigenvalue weighted by molar-refractivity contribution is -0.128. The molecule has 2 N–H and O–H groups in total. The van der Waals surface area contributed by atoms with Crippen molar-refractivity contribution < 1.29 is 4.79 Å². The maximum absolute atomic E-state index is 11.9. The maximum atomic E-state index is 11.9. The van der Waals surface area contributed by atoms with Gasteiger partial charge in [0.2, 0.25) is 5.91 Å². The van der Waals surface area contributed by atoms with Crippen LogP contribution in [0.15, 0.2) is 30.3 Å². The molecule has 4 nitrogen and oxygen atoms in total. The van der Waals surface area contributed by atoms with E-state index in [-0.39, 0.29) is 18.0 Å². The standard InChI is InChI=1S/C16H19N3O/c1-3-19-15(20)9-13(17)16(19)12-6-7-14-11(8-12)5-4-10(2)18-14/h4-8,13,16H,3,9,17H2,1-2H3. The number of amides is 1. The fraction of sp³-hybridized carbons (Fsp3) is 0.375. The third-order valence-electron chi connectivity index (χ3n) is 4.01. The van der Waals surface area contributed by atoms with Gasteiger partial charge >= 0.3 is 0 Å². The first-order valence-electron chi connectivity index (χ1n) is 7.02. The van der Waals surface area contributed by atoms with Gasteiger partial charge in [0.15, 0.2) is 0 Å². The fourth-order valence-electron chi connectivity index (χ4n) is 3.05. The molecule has 0 bridgehead atoms. The molecule has 4 heteroatoms. The Morgan fingerprint density at radius 1 is 1.35 bits per heavy atom. The van der Waals surface area contributed by atoms with E-state index in [9.17, 15) is 4.79 Å². The molecular formula is C16H19N3O. The van der Waals surface area contributed by atoms with Crippen molar-refractivity contribution in [3.8, 4) is 0 Å². The van der Waals surface area contributed by atoms with E-state index in [1.807, 2.05) is 36.9 Å². The van der Waals surface area contributed by atoms with E-state index in [4.69, 9.17) is 5.73 Å². The van der Waals surface area contributed by atoms with Gasteiger partial charge in [-0.1, -0.05) is 12.1 Å². The summed E-state index contributed by atoms with van der Waals surface area (Å²) in [5, 5.41) is 1.09. The van der Waals surface area contributed by atoms with Gasteiger partial charge in [-0.25, -0.2) is 0 Å². The number of likely N-dealkylation sites (N-methyl/N-ethyl adjacent to an activating group) is 1. The Hall–Kier alpha value is -1.94. The molecule has 1 aliphatic rings. The number of hydrogen-bond acceptors (Lipinski definition) is 3. The smallest absolute Gasteiger partial charge is 0.224 e. The van der Waals surface area contributed by atoms with Crippen molar-refractivity contribution in [3.63, 3.8) is 0 Å². The molecule has 1 saturated heterocycles. The van der Waals surface area contributed by atoms with Gasteiger partial charge in [0.05, 0.1) is 11.6 Å². The number of pyridine rings is 1. The molecular weight excluding hydrogens is 250 g/mol. The van der Waals surface area contributed by atoms with Gasteiger partial charge in [-0.2, -0.15) is 0 Å². The zero-order chi connectivity index (χ0) is 14.3. The van der Waals surface area contributed by atoms with Crippen LogP contribution in [0.3, 0.4) is 0 Å². The first-order valence-corrected chi connectivity index (χ1v) is 7.02. The number of likely N-dealkylation sites (tertiary alicyclic amines) is 1. The van der Waals surface area contributed by atoms with Gasteiger partial charge in [-0.15, -0.1) is 0 Å². The molecule has 1 fully saturated rings. The second-order valence-electron chi connectivity index (χ2n) is 5.40. The number of rotatable bonds is 2. The van der Waals surface area contributed by atoms with E-state index in [1.165, 1.54) is 0 Å². The number of aromatic nitrogens is 1. The summed E-state index contributed by atoms with van der Waals surface area (Å²) in [5.74, 6) is 0.145. The van der Waals surface area contributed by atoms with Crippen molar-refractivity contribution in [1.82, 2.24) is 9.88 Å². The lowest BCUT2D eigenvalue weighted by Gasteiger charge is -2.26. The number of carbonyl (C=O) groups excluding carboxylic acids is 1. The van der Waals surface area contributed by atoms with Crippen LogP contribution in [0.25, 0.3) is 10.9 Å². The normalized spacial score (nSPS) is 22.8. The largest absolute Gasteiger partial charge is 0.334 e. The first kappa shape index (κ1) is 13.1. The minimum absolute atomic E-state index is 0.0156. The number of carbonyl (C=O) groups is 1. The molecule has 1 aromatic carbocycles. The summed E-state index contributed by atoms with van der Waals surface area (Å²) in [6.07, 6.45) is 0.433. The zero-order valence-corrected chi connectivity index (χ0v) is 11.8. The molecule has 104 valence electrons.